The number of aromatic nitrogens is 3. The number of fused-ring (bicyclic) bond motifs is 1. The maximum Gasteiger partial charge on any atom is 0.433 e. The molecular weight excluding hydrogens is 464 g/mol. The summed E-state index contributed by atoms with van der Waals surface area (Å²) in [5, 5.41) is 6.70. The zero-order valence-corrected chi connectivity index (χ0v) is 18.0. The summed E-state index contributed by atoms with van der Waals surface area (Å²) in [4.78, 5) is 17.0. The molecule has 0 saturated carbocycles. The Bertz CT molecular complexity index is 1290. The van der Waals surface area contributed by atoms with Gasteiger partial charge >= 0.3 is 6.18 Å². The summed E-state index contributed by atoms with van der Waals surface area (Å²) in [6.45, 7) is 1.75. The molecule has 1 amide bonds. The standard InChI is InChI=1S/C22H15Cl2F3N4O/c1-12(13-5-3-2-4-6-13)28-21(32)19-18(24)20-29-16(14-7-9-15(23)10-8-14)11-17(22(25,26)27)31(20)30-19/h2-12H,1H3,(H,28,32)/t12-/m1/s1. The Morgan fingerprint density at radius 1 is 1.06 bits per heavy atom. The number of amides is 1. The highest BCUT2D eigenvalue weighted by atomic mass is 35.5. The van der Waals surface area contributed by atoms with E-state index in [1.54, 1.807) is 19.1 Å². The fourth-order valence-electron chi connectivity index (χ4n) is 3.20. The maximum absolute atomic E-state index is 13.8. The molecule has 1 atom stereocenters. The number of carbonyl (C=O) groups is 1. The Hall–Kier alpha value is -3.10. The topological polar surface area (TPSA) is 59.3 Å². The van der Waals surface area contributed by atoms with Gasteiger partial charge in [-0.3, -0.25) is 4.79 Å². The first-order valence-corrected chi connectivity index (χ1v) is 10.2. The van der Waals surface area contributed by atoms with Crippen molar-refractivity contribution in [3.63, 3.8) is 0 Å². The quantitative estimate of drug-likeness (QED) is 0.379. The molecule has 0 aliphatic rings. The summed E-state index contributed by atoms with van der Waals surface area (Å²) in [7, 11) is 0. The normalized spacial score (nSPS) is 12.7. The Kier molecular flexibility index (Phi) is 5.83. The maximum atomic E-state index is 13.8. The second kappa shape index (κ2) is 8.44. The average molecular weight is 479 g/mol. The van der Waals surface area contributed by atoms with Gasteiger partial charge in [0.15, 0.2) is 17.0 Å². The Morgan fingerprint density at radius 3 is 2.34 bits per heavy atom. The molecule has 0 fully saturated rings. The smallest absolute Gasteiger partial charge is 0.344 e. The lowest BCUT2D eigenvalue weighted by Gasteiger charge is -2.13. The van der Waals surface area contributed by atoms with Crippen molar-refractivity contribution in [2.24, 2.45) is 0 Å². The summed E-state index contributed by atoms with van der Waals surface area (Å²) in [6, 6.07) is 15.7. The molecule has 2 aromatic heterocycles. The van der Waals surface area contributed by atoms with E-state index in [0.29, 0.717) is 15.1 Å². The van der Waals surface area contributed by atoms with Crippen LogP contribution in [0.5, 0.6) is 0 Å². The van der Waals surface area contributed by atoms with Crippen molar-refractivity contribution in [3.8, 4) is 11.3 Å². The first-order chi connectivity index (χ1) is 15.1. The lowest BCUT2D eigenvalue weighted by atomic mass is 10.1. The third-order valence-corrected chi connectivity index (χ3v) is 5.43. The third kappa shape index (κ3) is 4.28. The number of hydrogen-bond acceptors (Lipinski definition) is 3. The second-order valence-electron chi connectivity index (χ2n) is 7.04. The van der Waals surface area contributed by atoms with Gasteiger partial charge in [0.2, 0.25) is 0 Å². The number of benzene rings is 2. The first-order valence-electron chi connectivity index (χ1n) is 9.43. The van der Waals surface area contributed by atoms with Crippen LogP contribution in [0.3, 0.4) is 0 Å². The van der Waals surface area contributed by atoms with E-state index in [-0.39, 0.29) is 22.1 Å². The van der Waals surface area contributed by atoms with Gasteiger partial charge < -0.3 is 5.32 Å². The van der Waals surface area contributed by atoms with E-state index >= 15 is 0 Å². The fraction of sp³-hybridized carbons (Fsp3) is 0.136. The minimum absolute atomic E-state index is 0.0212. The van der Waals surface area contributed by atoms with Gasteiger partial charge in [-0.1, -0.05) is 65.7 Å². The molecule has 2 aromatic carbocycles. The molecule has 1 N–H and O–H groups in total. The number of nitrogens with one attached hydrogen (secondary N) is 1. The van der Waals surface area contributed by atoms with Crippen LogP contribution >= 0.6 is 23.2 Å². The average Bonchev–Trinajstić information content (AvgIpc) is 3.10. The van der Waals surface area contributed by atoms with Crippen molar-refractivity contribution in [1.82, 2.24) is 19.9 Å². The number of alkyl halides is 3. The number of rotatable bonds is 4. The lowest BCUT2D eigenvalue weighted by Crippen LogP contribution is -2.27. The molecule has 164 valence electrons. The van der Waals surface area contributed by atoms with Crippen LogP contribution in [0.2, 0.25) is 10.0 Å². The van der Waals surface area contributed by atoms with Crippen molar-refractivity contribution in [2.75, 3.05) is 0 Å². The highest BCUT2D eigenvalue weighted by Gasteiger charge is 2.36. The van der Waals surface area contributed by atoms with Crippen molar-refractivity contribution in [1.29, 1.82) is 0 Å². The minimum atomic E-state index is -4.76. The van der Waals surface area contributed by atoms with Gasteiger partial charge in [-0.2, -0.15) is 18.3 Å². The zero-order chi connectivity index (χ0) is 23.0. The van der Waals surface area contributed by atoms with Gasteiger partial charge in [0.1, 0.15) is 5.02 Å². The van der Waals surface area contributed by atoms with E-state index in [0.717, 1.165) is 11.6 Å². The molecule has 2 heterocycles. The van der Waals surface area contributed by atoms with Crippen LogP contribution < -0.4 is 5.32 Å². The van der Waals surface area contributed by atoms with E-state index in [4.69, 9.17) is 23.2 Å². The molecule has 0 saturated heterocycles. The highest BCUT2D eigenvalue weighted by molar-refractivity contribution is 6.36. The number of halogens is 5. The van der Waals surface area contributed by atoms with Crippen LogP contribution in [0.4, 0.5) is 13.2 Å². The first kappa shape index (κ1) is 22.1. The van der Waals surface area contributed by atoms with Gasteiger partial charge in [-0.05, 0) is 30.7 Å². The SMILES string of the molecule is C[C@@H](NC(=O)c1nn2c(C(F)(F)F)cc(-c3ccc(Cl)cc3)nc2c1Cl)c1ccccc1. The molecule has 0 aliphatic carbocycles. The van der Waals surface area contributed by atoms with Crippen molar-refractivity contribution in [3.05, 3.63) is 87.7 Å². The predicted molar refractivity (Wildman–Crippen MR) is 116 cm³/mol. The molecule has 32 heavy (non-hydrogen) atoms. The second-order valence-corrected chi connectivity index (χ2v) is 7.85. The molecule has 4 aromatic rings. The molecular formula is C22H15Cl2F3N4O. The minimum Gasteiger partial charge on any atom is -0.344 e. The van der Waals surface area contributed by atoms with Crippen molar-refractivity contribution >= 4 is 34.8 Å². The molecule has 5 nitrogen and oxygen atoms in total. The van der Waals surface area contributed by atoms with Gasteiger partial charge in [0, 0.05) is 10.6 Å². The summed E-state index contributed by atoms with van der Waals surface area (Å²) >= 11 is 12.2. The van der Waals surface area contributed by atoms with E-state index in [1.807, 2.05) is 30.3 Å². The van der Waals surface area contributed by atoms with E-state index < -0.39 is 23.8 Å². The number of carbonyl (C=O) groups excluding carboxylic acids is 1. The molecule has 0 aliphatic heterocycles. The summed E-state index contributed by atoms with van der Waals surface area (Å²) in [5.41, 5.74) is -0.481. The fourth-order valence-corrected chi connectivity index (χ4v) is 3.57. The number of nitrogens with zero attached hydrogens (tertiary/aromatic N) is 3. The van der Waals surface area contributed by atoms with Crippen molar-refractivity contribution < 1.29 is 18.0 Å². The molecule has 0 spiro atoms. The monoisotopic (exact) mass is 478 g/mol. The van der Waals surface area contributed by atoms with Crippen LogP contribution in [0.25, 0.3) is 16.9 Å². The number of hydrogen-bond donors (Lipinski definition) is 1. The van der Waals surface area contributed by atoms with Crippen LogP contribution in [0, 0.1) is 0 Å². The van der Waals surface area contributed by atoms with Crippen molar-refractivity contribution in [2.45, 2.75) is 19.1 Å². The van der Waals surface area contributed by atoms with Gasteiger partial charge in [0.05, 0.1) is 11.7 Å². The summed E-state index contributed by atoms with van der Waals surface area (Å²) < 4.78 is 41.9. The Morgan fingerprint density at radius 2 is 1.72 bits per heavy atom. The Balaban J connectivity index is 1.79. The highest BCUT2D eigenvalue weighted by Crippen LogP contribution is 2.35. The largest absolute Gasteiger partial charge is 0.433 e. The van der Waals surface area contributed by atoms with Crippen LogP contribution in [-0.4, -0.2) is 20.5 Å². The molecule has 0 bridgehead atoms. The third-order valence-electron chi connectivity index (χ3n) is 4.83. The van der Waals surface area contributed by atoms with E-state index in [1.165, 1.54) is 12.1 Å². The van der Waals surface area contributed by atoms with Crippen LogP contribution in [0.1, 0.15) is 34.7 Å². The van der Waals surface area contributed by atoms with E-state index in [9.17, 15) is 18.0 Å². The van der Waals surface area contributed by atoms with Gasteiger partial charge in [0.25, 0.3) is 5.91 Å². The molecule has 0 radical (unpaired) electrons. The van der Waals surface area contributed by atoms with Gasteiger partial charge in [-0.15, -0.1) is 0 Å². The lowest BCUT2D eigenvalue weighted by molar-refractivity contribution is -0.142. The van der Waals surface area contributed by atoms with Gasteiger partial charge in [-0.25, -0.2) is 9.50 Å². The summed E-state index contributed by atoms with van der Waals surface area (Å²) in [6.07, 6.45) is -4.76. The molecule has 10 heteroatoms. The van der Waals surface area contributed by atoms with Crippen LogP contribution in [0.15, 0.2) is 60.7 Å². The Labute approximate surface area is 190 Å². The van der Waals surface area contributed by atoms with E-state index in [2.05, 4.69) is 15.4 Å². The summed E-state index contributed by atoms with van der Waals surface area (Å²) in [5.74, 6) is -0.710. The predicted octanol–water partition coefficient (Wildman–Crippen LogP) is 6.21. The molecule has 4 rings (SSSR count). The van der Waals surface area contributed by atoms with Crippen LogP contribution in [-0.2, 0) is 6.18 Å². The molecule has 0 unspecified atom stereocenters. The zero-order valence-electron chi connectivity index (χ0n) is 16.5.